The Labute approximate surface area is 83.5 Å². The van der Waals surface area contributed by atoms with Gasteiger partial charge in [-0.1, -0.05) is 5.21 Å². The van der Waals surface area contributed by atoms with Gasteiger partial charge in [0.1, 0.15) is 0 Å². The Morgan fingerprint density at radius 3 is 2.85 bits per heavy atom. The summed E-state index contributed by atoms with van der Waals surface area (Å²) < 4.78 is 2.57. The second-order valence-corrected chi connectivity index (χ2v) is 3.41. The molecule has 0 saturated heterocycles. The minimum atomic E-state index is 0.718. The molecule has 0 atom stereocenters. The summed E-state index contributed by atoms with van der Waals surface area (Å²) in [5.41, 5.74) is 7.25. The molecule has 2 aromatic rings. The fraction of sp³-hybridized carbons (Fsp3) is 0. The predicted octanol–water partition coefficient (Wildman–Crippen LogP) is 1.61. The molecule has 2 rings (SSSR count). The van der Waals surface area contributed by atoms with Crippen molar-refractivity contribution in [3.8, 4) is 5.69 Å². The fourth-order valence-electron chi connectivity index (χ4n) is 1.05. The molecule has 0 aliphatic heterocycles. The average molecular weight is 239 g/mol. The van der Waals surface area contributed by atoms with Crippen LogP contribution in [0.5, 0.6) is 0 Å². The van der Waals surface area contributed by atoms with Crippen LogP contribution in [0.3, 0.4) is 0 Å². The number of nitrogens with zero attached hydrogens (tertiary/aromatic N) is 3. The van der Waals surface area contributed by atoms with Gasteiger partial charge in [-0.3, -0.25) is 0 Å². The monoisotopic (exact) mass is 238 g/mol. The molecule has 0 amide bonds. The van der Waals surface area contributed by atoms with Crippen molar-refractivity contribution in [2.75, 3.05) is 5.73 Å². The molecule has 0 bridgehead atoms. The number of halogens is 1. The predicted molar refractivity (Wildman–Crippen MR) is 53.5 cm³/mol. The van der Waals surface area contributed by atoms with Crippen LogP contribution in [0.2, 0.25) is 0 Å². The van der Waals surface area contributed by atoms with Crippen molar-refractivity contribution >= 4 is 21.6 Å². The minimum Gasteiger partial charge on any atom is -0.399 e. The maximum absolute atomic E-state index is 5.61. The lowest BCUT2D eigenvalue weighted by Crippen LogP contribution is -1.97. The van der Waals surface area contributed by atoms with E-state index in [4.69, 9.17) is 5.73 Å². The first-order valence-corrected chi connectivity index (χ1v) is 4.48. The fourth-order valence-corrected chi connectivity index (χ4v) is 1.62. The van der Waals surface area contributed by atoms with Gasteiger partial charge in [0.25, 0.3) is 0 Å². The van der Waals surface area contributed by atoms with Crippen molar-refractivity contribution in [1.29, 1.82) is 0 Å². The highest BCUT2D eigenvalue weighted by atomic mass is 79.9. The first-order chi connectivity index (χ1) is 6.27. The zero-order valence-corrected chi connectivity index (χ0v) is 8.27. The maximum Gasteiger partial charge on any atom is 0.0806 e. The molecule has 66 valence electrons. The second-order valence-electron chi connectivity index (χ2n) is 2.56. The SMILES string of the molecule is Nc1ccc(-n2ccnn2)c(Br)c1. The topological polar surface area (TPSA) is 56.7 Å². The second kappa shape index (κ2) is 3.18. The Balaban J connectivity index is 2.53. The number of rotatable bonds is 1. The van der Waals surface area contributed by atoms with Gasteiger partial charge in [-0.2, -0.15) is 0 Å². The Hall–Kier alpha value is -1.36. The van der Waals surface area contributed by atoms with E-state index in [0.717, 1.165) is 15.8 Å². The van der Waals surface area contributed by atoms with Crippen LogP contribution in [-0.2, 0) is 0 Å². The summed E-state index contributed by atoms with van der Waals surface area (Å²) in [6.07, 6.45) is 3.40. The van der Waals surface area contributed by atoms with Gasteiger partial charge >= 0.3 is 0 Å². The lowest BCUT2D eigenvalue weighted by atomic mass is 10.3. The highest BCUT2D eigenvalue weighted by Gasteiger charge is 2.02. The molecule has 1 aromatic carbocycles. The molecular weight excluding hydrogens is 232 g/mol. The number of anilines is 1. The van der Waals surface area contributed by atoms with Gasteiger partial charge in [-0.15, -0.1) is 5.10 Å². The van der Waals surface area contributed by atoms with Crippen LogP contribution in [0, 0.1) is 0 Å². The first kappa shape index (κ1) is 8.25. The van der Waals surface area contributed by atoms with Gasteiger partial charge in [0, 0.05) is 10.2 Å². The molecule has 0 radical (unpaired) electrons. The summed E-state index contributed by atoms with van der Waals surface area (Å²) in [6.45, 7) is 0. The highest BCUT2D eigenvalue weighted by molar-refractivity contribution is 9.10. The summed E-state index contributed by atoms with van der Waals surface area (Å²) in [5, 5.41) is 7.60. The zero-order chi connectivity index (χ0) is 9.26. The number of aromatic nitrogens is 3. The third-order valence-electron chi connectivity index (χ3n) is 1.64. The number of hydrogen-bond acceptors (Lipinski definition) is 3. The smallest absolute Gasteiger partial charge is 0.0806 e. The Bertz CT molecular complexity index is 410. The summed E-state index contributed by atoms with van der Waals surface area (Å²) in [6, 6.07) is 5.53. The van der Waals surface area contributed by atoms with Crippen molar-refractivity contribution < 1.29 is 0 Å². The molecule has 5 heteroatoms. The quantitative estimate of drug-likeness (QED) is 0.769. The Morgan fingerprint density at radius 2 is 2.23 bits per heavy atom. The molecule has 0 spiro atoms. The van der Waals surface area contributed by atoms with E-state index >= 15 is 0 Å². The van der Waals surface area contributed by atoms with Crippen LogP contribution >= 0.6 is 15.9 Å². The molecule has 2 N–H and O–H groups in total. The third-order valence-corrected chi connectivity index (χ3v) is 2.28. The van der Waals surface area contributed by atoms with Crippen LogP contribution in [0.4, 0.5) is 5.69 Å². The Morgan fingerprint density at radius 1 is 1.38 bits per heavy atom. The number of nitrogen functional groups attached to an aromatic ring is 1. The molecule has 0 aliphatic rings. The number of nitrogens with two attached hydrogens (primary N) is 1. The third kappa shape index (κ3) is 1.55. The van der Waals surface area contributed by atoms with E-state index < -0.39 is 0 Å². The van der Waals surface area contributed by atoms with Crippen molar-refractivity contribution in [1.82, 2.24) is 15.0 Å². The van der Waals surface area contributed by atoms with Crippen molar-refractivity contribution in [2.24, 2.45) is 0 Å². The molecule has 0 unspecified atom stereocenters. The lowest BCUT2D eigenvalue weighted by molar-refractivity contribution is 0.800. The zero-order valence-electron chi connectivity index (χ0n) is 6.68. The van der Waals surface area contributed by atoms with Gasteiger partial charge in [-0.25, -0.2) is 4.68 Å². The number of hydrogen-bond donors (Lipinski definition) is 1. The van der Waals surface area contributed by atoms with Gasteiger partial charge in [0.05, 0.1) is 18.1 Å². The highest BCUT2D eigenvalue weighted by Crippen LogP contribution is 2.22. The van der Waals surface area contributed by atoms with Crippen molar-refractivity contribution in [2.45, 2.75) is 0 Å². The van der Waals surface area contributed by atoms with E-state index in [-0.39, 0.29) is 0 Å². The molecule has 1 heterocycles. The van der Waals surface area contributed by atoms with Crippen LogP contribution in [0.1, 0.15) is 0 Å². The molecule has 1 aromatic heterocycles. The van der Waals surface area contributed by atoms with Gasteiger partial charge in [-0.05, 0) is 34.1 Å². The first-order valence-electron chi connectivity index (χ1n) is 3.69. The summed E-state index contributed by atoms with van der Waals surface area (Å²) in [5.74, 6) is 0. The molecular formula is C8H7BrN4. The van der Waals surface area contributed by atoms with E-state index in [1.54, 1.807) is 17.1 Å². The molecule has 0 aliphatic carbocycles. The molecule has 0 fully saturated rings. The summed E-state index contributed by atoms with van der Waals surface area (Å²) in [7, 11) is 0. The van der Waals surface area contributed by atoms with E-state index in [1.807, 2.05) is 18.2 Å². The Kier molecular flexibility index (Phi) is 2.02. The van der Waals surface area contributed by atoms with E-state index in [0.29, 0.717) is 0 Å². The summed E-state index contributed by atoms with van der Waals surface area (Å²) >= 11 is 3.40. The minimum absolute atomic E-state index is 0.718. The van der Waals surface area contributed by atoms with Gasteiger partial charge in [0.15, 0.2) is 0 Å². The van der Waals surface area contributed by atoms with E-state index in [9.17, 15) is 0 Å². The maximum atomic E-state index is 5.61. The lowest BCUT2D eigenvalue weighted by Gasteiger charge is -2.03. The van der Waals surface area contributed by atoms with E-state index in [1.165, 1.54) is 0 Å². The van der Waals surface area contributed by atoms with Crippen molar-refractivity contribution in [3.05, 3.63) is 35.1 Å². The number of benzene rings is 1. The van der Waals surface area contributed by atoms with Crippen LogP contribution in [0.15, 0.2) is 35.1 Å². The molecule has 0 saturated carbocycles. The summed E-state index contributed by atoms with van der Waals surface area (Å²) in [4.78, 5) is 0. The molecule has 4 nitrogen and oxygen atoms in total. The average Bonchev–Trinajstić information content (AvgIpc) is 2.56. The standard InChI is InChI=1S/C8H7BrN4/c9-7-5-6(10)1-2-8(7)13-4-3-11-12-13/h1-5H,10H2. The van der Waals surface area contributed by atoms with Crippen LogP contribution in [-0.4, -0.2) is 15.0 Å². The van der Waals surface area contributed by atoms with Gasteiger partial charge < -0.3 is 5.73 Å². The largest absolute Gasteiger partial charge is 0.399 e. The van der Waals surface area contributed by atoms with Gasteiger partial charge in [0.2, 0.25) is 0 Å². The van der Waals surface area contributed by atoms with E-state index in [2.05, 4.69) is 26.2 Å². The van der Waals surface area contributed by atoms with Crippen LogP contribution in [0.25, 0.3) is 5.69 Å². The van der Waals surface area contributed by atoms with Crippen LogP contribution < -0.4 is 5.73 Å². The molecule has 13 heavy (non-hydrogen) atoms. The van der Waals surface area contributed by atoms with Crippen molar-refractivity contribution in [3.63, 3.8) is 0 Å². The normalized spacial score (nSPS) is 10.2.